The molecule has 0 atom stereocenters. The molecule has 1 aromatic rings. The van der Waals surface area contributed by atoms with Gasteiger partial charge in [-0.25, -0.2) is 4.39 Å². The Labute approximate surface area is 89.9 Å². The number of aryl methyl sites for hydroxylation is 2. The molecule has 0 fully saturated rings. The number of hydrogen-bond acceptors (Lipinski definition) is 2. The summed E-state index contributed by atoms with van der Waals surface area (Å²) in [5.41, 5.74) is 8.94. The number of fused-ring (bicyclic) bond motifs is 1. The molecule has 0 saturated carbocycles. The summed E-state index contributed by atoms with van der Waals surface area (Å²) in [5.74, 6) is -0.124. The third kappa shape index (κ3) is 1.97. The molecule has 1 aromatic carbocycles. The molecule has 82 valence electrons. The van der Waals surface area contributed by atoms with E-state index in [9.17, 15) is 4.39 Å². The second kappa shape index (κ2) is 4.19. The summed E-state index contributed by atoms with van der Waals surface area (Å²) < 4.78 is 13.2. The molecule has 2 N–H and O–H groups in total. The maximum absolute atomic E-state index is 13.2. The number of benzene rings is 1. The molecule has 0 spiro atoms. The Morgan fingerprint density at radius 1 is 1.47 bits per heavy atom. The average molecular weight is 208 g/mol. The van der Waals surface area contributed by atoms with Crippen LogP contribution in [0, 0.1) is 12.7 Å². The monoisotopic (exact) mass is 208 g/mol. The second-order valence-electron chi connectivity index (χ2n) is 4.11. The van der Waals surface area contributed by atoms with Crippen molar-refractivity contribution < 1.29 is 4.39 Å². The van der Waals surface area contributed by atoms with Crippen molar-refractivity contribution in [3.63, 3.8) is 0 Å². The summed E-state index contributed by atoms with van der Waals surface area (Å²) in [6.45, 7) is 4.52. The van der Waals surface area contributed by atoms with E-state index in [-0.39, 0.29) is 5.82 Å². The first kappa shape index (κ1) is 10.4. The molecule has 0 radical (unpaired) electrons. The second-order valence-corrected chi connectivity index (χ2v) is 4.11. The van der Waals surface area contributed by atoms with E-state index < -0.39 is 0 Å². The zero-order valence-corrected chi connectivity index (χ0v) is 9.09. The topological polar surface area (TPSA) is 29.3 Å². The van der Waals surface area contributed by atoms with Crippen molar-refractivity contribution in [3.8, 4) is 0 Å². The predicted octanol–water partition coefficient (Wildman–Crippen LogP) is 1.85. The van der Waals surface area contributed by atoms with Gasteiger partial charge in [0.2, 0.25) is 0 Å². The largest absolute Gasteiger partial charge is 0.370 e. The lowest BCUT2D eigenvalue weighted by molar-refractivity contribution is 0.616. The van der Waals surface area contributed by atoms with E-state index >= 15 is 0 Å². The maximum atomic E-state index is 13.2. The fraction of sp³-hybridized carbons (Fsp3) is 0.500. The van der Waals surface area contributed by atoms with Crippen LogP contribution in [0.1, 0.15) is 17.5 Å². The van der Waals surface area contributed by atoms with Gasteiger partial charge in [0.25, 0.3) is 0 Å². The van der Waals surface area contributed by atoms with Gasteiger partial charge in [0.05, 0.1) is 0 Å². The van der Waals surface area contributed by atoms with Gasteiger partial charge in [-0.15, -0.1) is 0 Å². The molecule has 0 unspecified atom stereocenters. The summed E-state index contributed by atoms with van der Waals surface area (Å²) in [4.78, 5) is 2.27. The van der Waals surface area contributed by atoms with Gasteiger partial charge in [0.15, 0.2) is 0 Å². The number of halogens is 1. The van der Waals surface area contributed by atoms with Crippen LogP contribution in [0.3, 0.4) is 0 Å². The minimum atomic E-state index is -0.124. The smallest absolute Gasteiger partial charge is 0.123 e. The molecule has 0 saturated heterocycles. The lowest BCUT2D eigenvalue weighted by atomic mass is 9.98. The Kier molecular flexibility index (Phi) is 2.91. The predicted molar refractivity (Wildman–Crippen MR) is 60.7 cm³/mol. The van der Waals surface area contributed by atoms with Crippen molar-refractivity contribution >= 4 is 5.69 Å². The number of hydrogen-bond donors (Lipinski definition) is 1. The highest BCUT2D eigenvalue weighted by Gasteiger charge is 2.18. The van der Waals surface area contributed by atoms with Gasteiger partial charge in [-0.1, -0.05) is 0 Å². The van der Waals surface area contributed by atoms with Crippen LogP contribution in [-0.4, -0.2) is 19.6 Å². The van der Waals surface area contributed by atoms with Gasteiger partial charge >= 0.3 is 0 Å². The van der Waals surface area contributed by atoms with Crippen LogP contribution >= 0.6 is 0 Å². The molecule has 0 aromatic heterocycles. The molecule has 1 heterocycles. The van der Waals surface area contributed by atoms with Crippen molar-refractivity contribution in [2.45, 2.75) is 19.8 Å². The summed E-state index contributed by atoms with van der Waals surface area (Å²) in [5, 5.41) is 0. The standard InChI is InChI=1S/C12H17FN2/c1-9-7-11(13)8-10-3-2-5-15(6-4-14)12(9)10/h7-8H,2-6,14H2,1H3. The van der Waals surface area contributed by atoms with Gasteiger partial charge in [-0.2, -0.15) is 0 Å². The Morgan fingerprint density at radius 3 is 3.00 bits per heavy atom. The fourth-order valence-corrected chi connectivity index (χ4v) is 2.40. The quantitative estimate of drug-likeness (QED) is 0.803. The van der Waals surface area contributed by atoms with Gasteiger partial charge in [0, 0.05) is 25.3 Å². The van der Waals surface area contributed by atoms with Gasteiger partial charge in [0.1, 0.15) is 5.82 Å². The summed E-state index contributed by atoms with van der Waals surface area (Å²) in [6.07, 6.45) is 2.07. The lowest BCUT2D eigenvalue weighted by Gasteiger charge is -2.32. The van der Waals surface area contributed by atoms with Crippen LogP contribution in [0.5, 0.6) is 0 Å². The normalized spacial score (nSPS) is 15.3. The molecule has 0 amide bonds. The Balaban J connectivity index is 2.41. The highest BCUT2D eigenvalue weighted by molar-refractivity contribution is 5.61. The van der Waals surface area contributed by atoms with Crippen molar-refractivity contribution in [2.75, 3.05) is 24.5 Å². The molecule has 1 aliphatic heterocycles. The van der Waals surface area contributed by atoms with E-state index in [1.54, 1.807) is 12.1 Å². The average Bonchev–Trinajstić information content (AvgIpc) is 2.17. The fourth-order valence-electron chi connectivity index (χ4n) is 2.40. The van der Waals surface area contributed by atoms with Crippen molar-refractivity contribution in [1.29, 1.82) is 0 Å². The van der Waals surface area contributed by atoms with E-state index in [0.717, 1.165) is 37.1 Å². The molecule has 15 heavy (non-hydrogen) atoms. The van der Waals surface area contributed by atoms with Crippen LogP contribution in [0.25, 0.3) is 0 Å². The minimum Gasteiger partial charge on any atom is -0.370 e. The van der Waals surface area contributed by atoms with Crippen molar-refractivity contribution in [1.82, 2.24) is 0 Å². The zero-order valence-electron chi connectivity index (χ0n) is 9.09. The third-order valence-electron chi connectivity index (χ3n) is 2.93. The summed E-state index contributed by atoms with van der Waals surface area (Å²) in [6, 6.07) is 3.26. The van der Waals surface area contributed by atoms with Gasteiger partial charge in [-0.3, -0.25) is 0 Å². The van der Waals surface area contributed by atoms with Crippen LogP contribution in [-0.2, 0) is 6.42 Å². The summed E-state index contributed by atoms with van der Waals surface area (Å²) >= 11 is 0. The zero-order chi connectivity index (χ0) is 10.8. The minimum absolute atomic E-state index is 0.124. The van der Waals surface area contributed by atoms with E-state index in [2.05, 4.69) is 4.90 Å². The number of rotatable bonds is 2. The van der Waals surface area contributed by atoms with E-state index in [0.29, 0.717) is 6.54 Å². The molecule has 0 bridgehead atoms. The Morgan fingerprint density at radius 2 is 2.27 bits per heavy atom. The van der Waals surface area contributed by atoms with Crippen molar-refractivity contribution in [2.24, 2.45) is 5.73 Å². The van der Waals surface area contributed by atoms with E-state index in [4.69, 9.17) is 5.73 Å². The molecule has 2 rings (SSSR count). The molecule has 2 nitrogen and oxygen atoms in total. The van der Waals surface area contributed by atoms with Crippen LogP contribution in [0.2, 0.25) is 0 Å². The number of nitrogens with two attached hydrogens (primary N) is 1. The Hall–Kier alpha value is -1.09. The molecule has 0 aliphatic carbocycles. The molecule has 3 heteroatoms. The maximum Gasteiger partial charge on any atom is 0.123 e. The SMILES string of the molecule is Cc1cc(F)cc2c1N(CCN)CCC2. The molecular formula is C12H17FN2. The van der Waals surface area contributed by atoms with Crippen molar-refractivity contribution in [3.05, 3.63) is 29.1 Å². The molecular weight excluding hydrogens is 191 g/mol. The van der Waals surface area contributed by atoms with Crippen LogP contribution in [0.4, 0.5) is 10.1 Å². The first-order valence-corrected chi connectivity index (χ1v) is 5.46. The lowest BCUT2D eigenvalue weighted by Crippen LogP contribution is -2.34. The highest BCUT2D eigenvalue weighted by atomic mass is 19.1. The van der Waals surface area contributed by atoms with Crippen LogP contribution < -0.4 is 10.6 Å². The highest BCUT2D eigenvalue weighted by Crippen LogP contribution is 2.31. The first-order chi connectivity index (χ1) is 7.22. The van der Waals surface area contributed by atoms with Gasteiger partial charge < -0.3 is 10.6 Å². The summed E-state index contributed by atoms with van der Waals surface area (Å²) in [7, 11) is 0. The van der Waals surface area contributed by atoms with Gasteiger partial charge in [-0.05, 0) is 43.0 Å². The van der Waals surface area contributed by atoms with E-state index in [1.807, 2.05) is 6.92 Å². The molecule has 1 aliphatic rings. The number of nitrogens with zero attached hydrogens (tertiary/aromatic N) is 1. The first-order valence-electron chi connectivity index (χ1n) is 5.46. The van der Waals surface area contributed by atoms with Crippen LogP contribution in [0.15, 0.2) is 12.1 Å². The van der Waals surface area contributed by atoms with E-state index in [1.165, 1.54) is 5.69 Å². The number of anilines is 1. The third-order valence-corrected chi connectivity index (χ3v) is 2.93. The Bertz CT molecular complexity index is 363.